The van der Waals surface area contributed by atoms with E-state index < -0.39 is 5.97 Å². The molecule has 0 bridgehead atoms. The van der Waals surface area contributed by atoms with Crippen LogP contribution in [0.15, 0.2) is 48.5 Å². The second kappa shape index (κ2) is 7.50. The van der Waals surface area contributed by atoms with E-state index in [-0.39, 0.29) is 6.10 Å². The smallest absolute Gasteiger partial charge is 0.338 e. The van der Waals surface area contributed by atoms with Gasteiger partial charge in [0.2, 0.25) is 0 Å². The second-order valence-electron chi connectivity index (χ2n) is 5.13. The fourth-order valence-electron chi connectivity index (χ4n) is 1.97. The zero-order valence-corrected chi connectivity index (χ0v) is 13.0. The molecule has 0 aromatic heterocycles. The quantitative estimate of drug-likeness (QED) is 0.760. The molecule has 2 aromatic rings. The Morgan fingerprint density at radius 3 is 2.36 bits per heavy atom. The van der Waals surface area contributed by atoms with Gasteiger partial charge in [0.25, 0.3) is 0 Å². The van der Waals surface area contributed by atoms with Crippen LogP contribution in [0.5, 0.6) is 11.5 Å². The fraction of sp³-hybridized carbons (Fsp3) is 0.278. The Hall–Kier alpha value is -2.49. The van der Waals surface area contributed by atoms with E-state index in [2.05, 4.69) is 0 Å². The Bertz CT molecular complexity index is 620. The highest BCUT2D eigenvalue weighted by molar-refractivity contribution is 5.90. The molecule has 4 nitrogen and oxygen atoms in total. The van der Waals surface area contributed by atoms with Gasteiger partial charge in [-0.05, 0) is 31.5 Å². The largest absolute Gasteiger partial charge is 0.491 e. The third-order valence-electron chi connectivity index (χ3n) is 2.92. The number of carbonyl (C=O) groups is 1. The van der Waals surface area contributed by atoms with Crippen LogP contribution >= 0.6 is 0 Å². The van der Waals surface area contributed by atoms with Gasteiger partial charge in [0.15, 0.2) is 0 Å². The van der Waals surface area contributed by atoms with Crippen molar-refractivity contribution in [3.8, 4) is 11.5 Å². The fourth-order valence-corrected chi connectivity index (χ4v) is 1.97. The summed E-state index contributed by atoms with van der Waals surface area (Å²) in [5, 5.41) is 0. The highest BCUT2D eigenvalue weighted by Gasteiger charge is 2.11. The number of hydrogen-bond donors (Lipinski definition) is 0. The van der Waals surface area contributed by atoms with E-state index in [1.807, 2.05) is 44.2 Å². The lowest BCUT2D eigenvalue weighted by atomic mass is 10.2. The summed E-state index contributed by atoms with van der Waals surface area (Å²) >= 11 is 0. The van der Waals surface area contributed by atoms with E-state index in [1.54, 1.807) is 18.2 Å². The van der Waals surface area contributed by atoms with Crippen LogP contribution < -0.4 is 9.47 Å². The minimum atomic E-state index is -0.418. The molecular weight excluding hydrogens is 280 g/mol. The van der Waals surface area contributed by atoms with Crippen LogP contribution in [0, 0.1) is 0 Å². The van der Waals surface area contributed by atoms with Crippen LogP contribution in [-0.4, -0.2) is 19.2 Å². The first kappa shape index (κ1) is 15.9. The summed E-state index contributed by atoms with van der Waals surface area (Å²) < 4.78 is 16.2. The number of hydrogen-bond acceptors (Lipinski definition) is 4. The number of ether oxygens (including phenoxy) is 3. The van der Waals surface area contributed by atoms with Crippen LogP contribution in [0.25, 0.3) is 0 Å². The summed E-state index contributed by atoms with van der Waals surface area (Å²) in [6, 6.07) is 14.9. The second-order valence-corrected chi connectivity index (χ2v) is 5.13. The lowest BCUT2D eigenvalue weighted by molar-refractivity contribution is 0.0599. The molecule has 0 amide bonds. The molecule has 0 atom stereocenters. The lowest BCUT2D eigenvalue weighted by Crippen LogP contribution is -2.08. The van der Waals surface area contributed by atoms with Crippen molar-refractivity contribution in [2.24, 2.45) is 0 Å². The molecule has 0 saturated heterocycles. The van der Waals surface area contributed by atoms with Gasteiger partial charge in [0.1, 0.15) is 18.1 Å². The third-order valence-corrected chi connectivity index (χ3v) is 2.92. The van der Waals surface area contributed by atoms with Crippen LogP contribution in [0.2, 0.25) is 0 Å². The van der Waals surface area contributed by atoms with Gasteiger partial charge in [-0.3, -0.25) is 0 Å². The zero-order chi connectivity index (χ0) is 15.9. The van der Waals surface area contributed by atoms with Gasteiger partial charge in [0, 0.05) is 6.07 Å². The van der Waals surface area contributed by atoms with Crippen molar-refractivity contribution >= 4 is 5.97 Å². The van der Waals surface area contributed by atoms with Crippen LogP contribution in [0.1, 0.15) is 29.8 Å². The molecule has 0 aliphatic rings. The summed E-state index contributed by atoms with van der Waals surface area (Å²) in [7, 11) is 1.35. The molecule has 0 fully saturated rings. The molecule has 0 aliphatic carbocycles. The van der Waals surface area contributed by atoms with Crippen LogP contribution in [0.3, 0.4) is 0 Å². The summed E-state index contributed by atoms with van der Waals surface area (Å²) in [6.07, 6.45) is 0.00914. The van der Waals surface area contributed by atoms with Crippen molar-refractivity contribution < 1.29 is 19.0 Å². The number of rotatable bonds is 6. The minimum absolute atomic E-state index is 0.00914. The first-order valence-corrected chi connectivity index (χ1v) is 7.15. The van der Waals surface area contributed by atoms with Gasteiger partial charge < -0.3 is 14.2 Å². The van der Waals surface area contributed by atoms with E-state index in [0.29, 0.717) is 23.7 Å². The molecule has 4 heteroatoms. The monoisotopic (exact) mass is 300 g/mol. The Kier molecular flexibility index (Phi) is 5.42. The van der Waals surface area contributed by atoms with Crippen LogP contribution in [0.4, 0.5) is 0 Å². The molecule has 0 radical (unpaired) electrons. The van der Waals surface area contributed by atoms with Crippen molar-refractivity contribution in [2.75, 3.05) is 7.11 Å². The zero-order valence-electron chi connectivity index (χ0n) is 13.0. The molecule has 0 unspecified atom stereocenters. The van der Waals surface area contributed by atoms with Gasteiger partial charge in [-0.25, -0.2) is 4.79 Å². The maximum absolute atomic E-state index is 11.7. The van der Waals surface area contributed by atoms with E-state index in [4.69, 9.17) is 14.2 Å². The average molecular weight is 300 g/mol. The maximum Gasteiger partial charge on any atom is 0.338 e. The summed E-state index contributed by atoms with van der Waals surface area (Å²) in [5.41, 5.74) is 1.46. The normalized spacial score (nSPS) is 10.4. The van der Waals surface area contributed by atoms with Gasteiger partial charge in [-0.15, -0.1) is 0 Å². The molecule has 0 saturated carbocycles. The molecule has 116 valence electrons. The van der Waals surface area contributed by atoms with Crippen molar-refractivity contribution in [1.29, 1.82) is 0 Å². The minimum Gasteiger partial charge on any atom is -0.491 e. The molecule has 0 heterocycles. The molecular formula is C18H20O4. The van der Waals surface area contributed by atoms with Gasteiger partial charge in [-0.1, -0.05) is 30.3 Å². The summed E-state index contributed by atoms with van der Waals surface area (Å²) in [6.45, 7) is 4.28. The first-order chi connectivity index (χ1) is 10.6. The van der Waals surface area contributed by atoms with Gasteiger partial charge >= 0.3 is 5.97 Å². The number of esters is 1. The first-order valence-electron chi connectivity index (χ1n) is 7.15. The molecule has 0 spiro atoms. The van der Waals surface area contributed by atoms with Crippen molar-refractivity contribution in [3.05, 3.63) is 59.7 Å². The van der Waals surface area contributed by atoms with Gasteiger partial charge in [0.05, 0.1) is 18.8 Å². The van der Waals surface area contributed by atoms with Crippen molar-refractivity contribution in [2.45, 2.75) is 26.6 Å². The van der Waals surface area contributed by atoms with E-state index in [9.17, 15) is 4.79 Å². The standard InChI is InChI=1S/C18H20O4/c1-13(2)22-17-10-15(18(19)20-3)9-16(11-17)21-12-14-7-5-4-6-8-14/h4-11,13H,12H2,1-3H3. The number of carbonyl (C=O) groups excluding carboxylic acids is 1. The SMILES string of the molecule is COC(=O)c1cc(OCc2ccccc2)cc(OC(C)C)c1. The van der Waals surface area contributed by atoms with Crippen molar-refractivity contribution in [1.82, 2.24) is 0 Å². The third kappa shape index (κ3) is 4.52. The Morgan fingerprint density at radius 1 is 1.05 bits per heavy atom. The summed E-state index contributed by atoms with van der Waals surface area (Å²) in [4.78, 5) is 11.7. The van der Waals surface area contributed by atoms with E-state index in [1.165, 1.54) is 7.11 Å². The Balaban J connectivity index is 2.19. The molecule has 22 heavy (non-hydrogen) atoms. The number of benzene rings is 2. The highest BCUT2D eigenvalue weighted by Crippen LogP contribution is 2.25. The van der Waals surface area contributed by atoms with Crippen molar-refractivity contribution in [3.63, 3.8) is 0 Å². The van der Waals surface area contributed by atoms with E-state index >= 15 is 0 Å². The predicted octanol–water partition coefficient (Wildman–Crippen LogP) is 3.84. The topological polar surface area (TPSA) is 44.8 Å². The highest BCUT2D eigenvalue weighted by atomic mass is 16.5. The summed E-state index contributed by atoms with van der Waals surface area (Å²) in [5.74, 6) is 0.738. The molecule has 0 N–H and O–H groups in total. The lowest BCUT2D eigenvalue weighted by Gasteiger charge is -2.13. The van der Waals surface area contributed by atoms with E-state index in [0.717, 1.165) is 5.56 Å². The predicted molar refractivity (Wildman–Crippen MR) is 84.3 cm³/mol. The average Bonchev–Trinajstić information content (AvgIpc) is 2.52. The molecule has 0 aliphatic heterocycles. The van der Waals surface area contributed by atoms with Crippen LogP contribution in [-0.2, 0) is 11.3 Å². The number of methoxy groups -OCH3 is 1. The molecule has 2 aromatic carbocycles. The Labute approximate surface area is 130 Å². The van der Waals surface area contributed by atoms with Gasteiger partial charge in [-0.2, -0.15) is 0 Å². The Morgan fingerprint density at radius 2 is 1.73 bits per heavy atom. The maximum atomic E-state index is 11.7. The molecule has 2 rings (SSSR count).